The first kappa shape index (κ1) is 14.2. The largest absolute Gasteiger partial charge is 0.420 e. The Labute approximate surface area is 124 Å². The second-order valence-electron chi connectivity index (χ2n) is 5.39. The summed E-state index contributed by atoms with van der Waals surface area (Å²) in [5.74, 6) is 1.19. The van der Waals surface area contributed by atoms with Crippen LogP contribution in [-0.2, 0) is 4.74 Å². The monoisotopic (exact) mass is 287 g/mol. The van der Waals surface area contributed by atoms with Crippen LogP contribution in [0.25, 0.3) is 0 Å². The van der Waals surface area contributed by atoms with Gasteiger partial charge in [-0.25, -0.2) is 0 Å². The van der Waals surface area contributed by atoms with Gasteiger partial charge in [-0.1, -0.05) is 37.3 Å². The van der Waals surface area contributed by atoms with Gasteiger partial charge in [-0.2, -0.15) is 0 Å². The fourth-order valence-electron chi connectivity index (χ4n) is 2.67. The van der Waals surface area contributed by atoms with Crippen LogP contribution in [0, 0.1) is 0 Å². The minimum absolute atomic E-state index is 0.0562. The second-order valence-corrected chi connectivity index (χ2v) is 5.39. The molecule has 21 heavy (non-hydrogen) atoms. The highest BCUT2D eigenvalue weighted by atomic mass is 16.5. The molecule has 3 unspecified atom stereocenters. The van der Waals surface area contributed by atoms with Crippen molar-refractivity contribution in [2.75, 3.05) is 6.54 Å². The molecular formula is C16H21N3O2. The first-order valence-corrected chi connectivity index (χ1v) is 7.55. The Balaban J connectivity index is 1.82. The normalized spacial score (nSPS) is 23.3. The lowest BCUT2D eigenvalue weighted by molar-refractivity contribution is 0.0382. The van der Waals surface area contributed by atoms with Crippen LogP contribution in [0.4, 0.5) is 0 Å². The van der Waals surface area contributed by atoms with Crippen molar-refractivity contribution in [3.63, 3.8) is 0 Å². The van der Waals surface area contributed by atoms with Gasteiger partial charge in [0.05, 0.1) is 6.10 Å². The van der Waals surface area contributed by atoms with Crippen LogP contribution < -0.4 is 5.32 Å². The summed E-state index contributed by atoms with van der Waals surface area (Å²) >= 11 is 0. The van der Waals surface area contributed by atoms with Crippen molar-refractivity contribution in [3.05, 3.63) is 47.7 Å². The summed E-state index contributed by atoms with van der Waals surface area (Å²) in [5, 5.41) is 11.8. The van der Waals surface area contributed by atoms with Gasteiger partial charge in [0.2, 0.25) is 11.8 Å². The van der Waals surface area contributed by atoms with Crippen LogP contribution in [-0.4, -0.2) is 22.8 Å². The average Bonchev–Trinajstić information content (AvgIpc) is 3.14. The molecule has 1 aliphatic rings. The van der Waals surface area contributed by atoms with Gasteiger partial charge in [-0.3, -0.25) is 0 Å². The smallest absolute Gasteiger partial charge is 0.245 e. The number of ether oxygens (including phenoxy) is 1. The van der Waals surface area contributed by atoms with E-state index in [2.05, 4.69) is 41.5 Å². The lowest BCUT2D eigenvalue weighted by atomic mass is 10.1. The molecule has 0 radical (unpaired) electrons. The standard InChI is InChI=1S/C16H21N3O2/c1-3-17-14(12-7-5-4-6-8-12)16-19-18-15(21-16)13-10-9-11(2)20-13/h4-8,11,13-14,17H,3,9-10H2,1-2H3. The molecule has 2 aromatic rings. The van der Waals surface area contributed by atoms with Gasteiger partial charge >= 0.3 is 0 Å². The lowest BCUT2D eigenvalue weighted by Crippen LogP contribution is -2.22. The third-order valence-electron chi connectivity index (χ3n) is 3.75. The summed E-state index contributed by atoms with van der Waals surface area (Å²) in [7, 11) is 0. The summed E-state index contributed by atoms with van der Waals surface area (Å²) in [6.45, 7) is 4.96. The molecule has 112 valence electrons. The zero-order valence-electron chi connectivity index (χ0n) is 12.5. The van der Waals surface area contributed by atoms with Gasteiger partial charge in [0.15, 0.2) is 0 Å². The highest BCUT2D eigenvalue weighted by molar-refractivity contribution is 5.23. The van der Waals surface area contributed by atoms with E-state index in [1.165, 1.54) is 0 Å². The van der Waals surface area contributed by atoms with E-state index in [0.717, 1.165) is 24.9 Å². The summed E-state index contributed by atoms with van der Waals surface area (Å²) in [5.41, 5.74) is 1.12. The van der Waals surface area contributed by atoms with Gasteiger partial charge in [-0.05, 0) is 31.9 Å². The molecule has 3 rings (SSSR count). The van der Waals surface area contributed by atoms with E-state index >= 15 is 0 Å². The van der Waals surface area contributed by atoms with Gasteiger partial charge in [-0.15, -0.1) is 10.2 Å². The van der Waals surface area contributed by atoms with Crippen LogP contribution in [0.15, 0.2) is 34.7 Å². The van der Waals surface area contributed by atoms with Gasteiger partial charge in [0.25, 0.3) is 0 Å². The van der Waals surface area contributed by atoms with E-state index in [1.54, 1.807) is 0 Å². The molecule has 1 fully saturated rings. The van der Waals surface area contributed by atoms with E-state index in [-0.39, 0.29) is 18.2 Å². The van der Waals surface area contributed by atoms with Crippen molar-refractivity contribution in [3.8, 4) is 0 Å². The molecule has 0 amide bonds. The van der Waals surface area contributed by atoms with Crippen molar-refractivity contribution >= 4 is 0 Å². The molecule has 0 spiro atoms. The third-order valence-corrected chi connectivity index (χ3v) is 3.75. The number of hydrogen-bond acceptors (Lipinski definition) is 5. The molecule has 1 aliphatic heterocycles. The van der Waals surface area contributed by atoms with Crippen molar-refractivity contribution in [1.29, 1.82) is 0 Å². The molecule has 0 bridgehead atoms. The van der Waals surface area contributed by atoms with Crippen molar-refractivity contribution in [1.82, 2.24) is 15.5 Å². The zero-order valence-corrected chi connectivity index (χ0v) is 12.5. The molecule has 0 aliphatic carbocycles. The number of nitrogens with zero attached hydrogens (tertiary/aromatic N) is 2. The minimum atomic E-state index is -0.0729. The third kappa shape index (κ3) is 3.14. The zero-order chi connectivity index (χ0) is 14.7. The van der Waals surface area contributed by atoms with E-state index < -0.39 is 0 Å². The maximum atomic E-state index is 5.88. The predicted octanol–water partition coefficient (Wildman–Crippen LogP) is 3.01. The SMILES string of the molecule is CCNC(c1ccccc1)c1nnc(C2CCC(C)O2)o1. The van der Waals surface area contributed by atoms with Crippen molar-refractivity contribution in [2.45, 2.75) is 44.9 Å². The highest BCUT2D eigenvalue weighted by Gasteiger charge is 2.29. The molecule has 0 saturated carbocycles. The fraction of sp³-hybridized carbons (Fsp3) is 0.500. The second kappa shape index (κ2) is 6.37. The van der Waals surface area contributed by atoms with Crippen LogP contribution >= 0.6 is 0 Å². The first-order chi connectivity index (χ1) is 10.3. The predicted molar refractivity (Wildman–Crippen MR) is 78.8 cm³/mol. The van der Waals surface area contributed by atoms with Gasteiger partial charge in [0.1, 0.15) is 12.1 Å². The van der Waals surface area contributed by atoms with Crippen LogP contribution in [0.2, 0.25) is 0 Å². The highest BCUT2D eigenvalue weighted by Crippen LogP contribution is 2.32. The average molecular weight is 287 g/mol. The number of aromatic nitrogens is 2. The summed E-state index contributed by atoms with van der Waals surface area (Å²) in [4.78, 5) is 0. The number of benzene rings is 1. The number of rotatable bonds is 5. The van der Waals surface area contributed by atoms with Crippen molar-refractivity contribution < 1.29 is 9.15 Å². The summed E-state index contributed by atoms with van der Waals surface area (Å²) in [6.07, 6.45) is 2.20. The molecule has 1 N–H and O–H groups in total. The topological polar surface area (TPSA) is 60.2 Å². The van der Waals surface area contributed by atoms with Crippen LogP contribution in [0.5, 0.6) is 0 Å². The Bertz CT molecular complexity index is 570. The molecule has 5 nitrogen and oxygen atoms in total. The first-order valence-electron chi connectivity index (χ1n) is 7.55. The van der Waals surface area contributed by atoms with E-state index in [9.17, 15) is 0 Å². The van der Waals surface area contributed by atoms with E-state index in [0.29, 0.717) is 11.8 Å². The molecule has 1 aromatic heterocycles. The Morgan fingerprint density at radius 2 is 2.05 bits per heavy atom. The van der Waals surface area contributed by atoms with Crippen molar-refractivity contribution in [2.24, 2.45) is 0 Å². The Kier molecular flexibility index (Phi) is 4.31. The Morgan fingerprint density at radius 3 is 2.71 bits per heavy atom. The summed E-state index contributed by atoms with van der Waals surface area (Å²) in [6, 6.07) is 10.1. The molecule has 1 aromatic carbocycles. The van der Waals surface area contributed by atoms with E-state index in [1.807, 2.05) is 18.2 Å². The van der Waals surface area contributed by atoms with Gasteiger partial charge in [0, 0.05) is 0 Å². The molecule has 1 saturated heterocycles. The molecule has 3 atom stereocenters. The summed E-state index contributed by atoms with van der Waals surface area (Å²) < 4.78 is 11.7. The van der Waals surface area contributed by atoms with Crippen LogP contribution in [0.3, 0.4) is 0 Å². The number of hydrogen-bond donors (Lipinski definition) is 1. The lowest BCUT2D eigenvalue weighted by Gasteiger charge is -2.14. The maximum absolute atomic E-state index is 5.88. The van der Waals surface area contributed by atoms with Gasteiger partial charge < -0.3 is 14.5 Å². The fourth-order valence-corrected chi connectivity index (χ4v) is 2.67. The minimum Gasteiger partial charge on any atom is -0.420 e. The number of nitrogens with one attached hydrogen (secondary N) is 1. The Morgan fingerprint density at radius 1 is 1.24 bits per heavy atom. The molecule has 2 heterocycles. The van der Waals surface area contributed by atoms with Crippen LogP contribution in [0.1, 0.15) is 56.2 Å². The Hall–Kier alpha value is -1.72. The quantitative estimate of drug-likeness (QED) is 0.916. The molecule has 5 heteroatoms. The molecular weight excluding hydrogens is 266 g/mol. The maximum Gasteiger partial charge on any atom is 0.245 e. The van der Waals surface area contributed by atoms with E-state index in [4.69, 9.17) is 9.15 Å².